The fourth-order valence-electron chi connectivity index (χ4n) is 3.30. The second kappa shape index (κ2) is 9.48. The number of benzene rings is 2. The van der Waals surface area contributed by atoms with Crippen LogP contribution in [-0.2, 0) is 10.0 Å². The highest BCUT2D eigenvalue weighted by atomic mass is 32.2. The quantitative estimate of drug-likeness (QED) is 0.399. The number of hydrogen-bond donors (Lipinski definition) is 1. The van der Waals surface area contributed by atoms with Crippen molar-refractivity contribution in [2.24, 2.45) is 0 Å². The van der Waals surface area contributed by atoms with Crippen LogP contribution < -0.4 is 9.46 Å². The molecule has 0 amide bonds. The molecule has 0 fully saturated rings. The SMILES string of the molecule is Cc1ccc(/C=C/S(=O)(=O)Nc2ccc(Oc3cc(-n4nc(C)cc4C)nc(C)n3)cc2)cc1. The van der Waals surface area contributed by atoms with Crippen LogP contribution >= 0.6 is 0 Å². The van der Waals surface area contributed by atoms with Crippen LogP contribution in [0.25, 0.3) is 11.9 Å². The maximum absolute atomic E-state index is 12.4. The minimum Gasteiger partial charge on any atom is -0.439 e. The van der Waals surface area contributed by atoms with Gasteiger partial charge in [0, 0.05) is 17.4 Å². The van der Waals surface area contributed by atoms with E-state index >= 15 is 0 Å². The summed E-state index contributed by atoms with van der Waals surface area (Å²) in [6.45, 7) is 7.63. The van der Waals surface area contributed by atoms with E-state index in [9.17, 15) is 8.42 Å². The summed E-state index contributed by atoms with van der Waals surface area (Å²) in [5, 5.41) is 5.60. The van der Waals surface area contributed by atoms with E-state index in [0.717, 1.165) is 27.9 Å². The van der Waals surface area contributed by atoms with Crippen molar-refractivity contribution in [1.82, 2.24) is 19.7 Å². The molecule has 174 valence electrons. The number of aromatic nitrogens is 4. The summed E-state index contributed by atoms with van der Waals surface area (Å²) in [6, 6.07) is 17.8. The summed E-state index contributed by atoms with van der Waals surface area (Å²) >= 11 is 0. The fraction of sp³-hybridized carbons (Fsp3) is 0.160. The molecule has 0 saturated heterocycles. The highest BCUT2D eigenvalue weighted by Gasteiger charge is 2.11. The number of anilines is 1. The van der Waals surface area contributed by atoms with Crippen molar-refractivity contribution in [1.29, 1.82) is 0 Å². The van der Waals surface area contributed by atoms with E-state index in [1.807, 2.05) is 51.1 Å². The number of nitrogens with one attached hydrogen (secondary N) is 1. The number of hydrogen-bond acceptors (Lipinski definition) is 6. The van der Waals surface area contributed by atoms with Gasteiger partial charge >= 0.3 is 0 Å². The molecule has 2 heterocycles. The van der Waals surface area contributed by atoms with Gasteiger partial charge in [0.2, 0.25) is 5.88 Å². The number of sulfonamides is 1. The third-order valence-electron chi connectivity index (χ3n) is 4.88. The predicted molar refractivity (Wildman–Crippen MR) is 133 cm³/mol. The Bertz CT molecular complexity index is 1440. The second-order valence-corrected chi connectivity index (χ2v) is 9.50. The van der Waals surface area contributed by atoms with Crippen LogP contribution in [0.3, 0.4) is 0 Å². The molecule has 4 aromatic rings. The molecular weight excluding hydrogens is 450 g/mol. The largest absolute Gasteiger partial charge is 0.439 e. The number of aryl methyl sites for hydroxylation is 4. The molecule has 34 heavy (non-hydrogen) atoms. The Hall–Kier alpha value is -3.98. The van der Waals surface area contributed by atoms with Crippen molar-refractivity contribution in [2.45, 2.75) is 27.7 Å². The maximum Gasteiger partial charge on any atom is 0.255 e. The lowest BCUT2D eigenvalue weighted by atomic mass is 10.2. The number of nitrogens with zero attached hydrogens (tertiary/aromatic N) is 4. The molecule has 0 aliphatic rings. The monoisotopic (exact) mass is 475 g/mol. The van der Waals surface area contributed by atoms with Crippen LogP contribution in [0.2, 0.25) is 0 Å². The van der Waals surface area contributed by atoms with Gasteiger partial charge in [-0.3, -0.25) is 4.72 Å². The maximum atomic E-state index is 12.4. The van der Waals surface area contributed by atoms with Crippen molar-refractivity contribution in [3.63, 3.8) is 0 Å². The Labute approximate surface area is 199 Å². The number of ether oxygens (including phenoxy) is 1. The molecule has 0 spiro atoms. The van der Waals surface area contributed by atoms with E-state index in [4.69, 9.17) is 4.74 Å². The van der Waals surface area contributed by atoms with Crippen molar-refractivity contribution < 1.29 is 13.2 Å². The Kier molecular flexibility index (Phi) is 6.47. The standard InChI is InChI=1S/C25H25N5O3S/c1-17-5-7-21(8-6-17)13-14-34(31,32)29-22-9-11-23(12-10-22)33-25-16-24(26-20(4)27-25)30-19(3)15-18(2)28-30/h5-16,29H,1-4H3/b14-13+. The smallest absolute Gasteiger partial charge is 0.255 e. The summed E-state index contributed by atoms with van der Waals surface area (Å²) in [5.41, 5.74) is 4.18. The molecule has 8 nitrogen and oxygen atoms in total. The average molecular weight is 476 g/mol. The van der Waals surface area contributed by atoms with Gasteiger partial charge in [-0.05, 0) is 69.7 Å². The van der Waals surface area contributed by atoms with Crippen molar-refractivity contribution >= 4 is 21.8 Å². The topological polar surface area (TPSA) is 99.0 Å². The van der Waals surface area contributed by atoms with E-state index in [0.29, 0.717) is 29.0 Å². The van der Waals surface area contributed by atoms with Crippen LogP contribution in [-0.4, -0.2) is 28.2 Å². The molecule has 1 N–H and O–H groups in total. The molecule has 0 aliphatic carbocycles. The van der Waals surface area contributed by atoms with Gasteiger partial charge in [0.1, 0.15) is 11.6 Å². The zero-order valence-corrected chi connectivity index (χ0v) is 20.2. The normalized spacial score (nSPS) is 11.6. The fourth-order valence-corrected chi connectivity index (χ4v) is 4.17. The molecule has 9 heteroatoms. The average Bonchev–Trinajstić information content (AvgIpc) is 3.12. The van der Waals surface area contributed by atoms with Crippen molar-refractivity contribution in [2.75, 3.05) is 4.72 Å². The van der Waals surface area contributed by atoms with Crippen molar-refractivity contribution in [3.05, 3.63) is 94.4 Å². The molecule has 2 aromatic carbocycles. The third kappa shape index (κ3) is 5.87. The zero-order valence-electron chi connectivity index (χ0n) is 19.4. The Morgan fingerprint density at radius 2 is 1.62 bits per heavy atom. The molecule has 0 unspecified atom stereocenters. The minimum atomic E-state index is -3.66. The van der Waals surface area contributed by atoms with Gasteiger partial charge in [0.15, 0.2) is 5.82 Å². The van der Waals surface area contributed by atoms with Crippen LogP contribution in [0.5, 0.6) is 11.6 Å². The highest BCUT2D eigenvalue weighted by molar-refractivity contribution is 7.95. The summed E-state index contributed by atoms with van der Waals surface area (Å²) in [5.74, 6) is 2.03. The first-order valence-corrected chi connectivity index (χ1v) is 12.2. The molecule has 0 saturated carbocycles. The molecule has 0 aliphatic heterocycles. The number of rotatable bonds is 7. The van der Waals surface area contributed by atoms with E-state index in [2.05, 4.69) is 19.8 Å². The first kappa shape index (κ1) is 23.2. The molecule has 0 atom stereocenters. The van der Waals surface area contributed by atoms with E-state index in [-0.39, 0.29) is 0 Å². The lowest BCUT2D eigenvalue weighted by molar-refractivity contribution is 0.459. The van der Waals surface area contributed by atoms with Gasteiger partial charge in [-0.25, -0.2) is 18.1 Å². The lowest BCUT2D eigenvalue weighted by Gasteiger charge is -2.10. The van der Waals surface area contributed by atoms with Gasteiger partial charge < -0.3 is 4.74 Å². The third-order valence-corrected chi connectivity index (χ3v) is 5.90. The minimum absolute atomic E-state index is 0.365. The molecule has 2 aromatic heterocycles. The Balaban J connectivity index is 1.46. The summed E-state index contributed by atoms with van der Waals surface area (Å²) in [7, 11) is -3.66. The second-order valence-electron chi connectivity index (χ2n) is 7.94. The molecule has 4 rings (SSSR count). The summed E-state index contributed by atoms with van der Waals surface area (Å²) in [6.07, 6.45) is 1.55. The highest BCUT2D eigenvalue weighted by Crippen LogP contribution is 2.24. The summed E-state index contributed by atoms with van der Waals surface area (Å²) < 4.78 is 35.0. The predicted octanol–water partition coefficient (Wildman–Crippen LogP) is 5.10. The molecule has 0 radical (unpaired) electrons. The van der Waals surface area contributed by atoms with Gasteiger partial charge in [0.25, 0.3) is 10.0 Å². The summed E-state index contributed by atoms with van der Waals surface area (Å²) in [4.78, 5) is 8.78. The van der Waals surface area contributed by atoms with Gasteiger partial charge in [0.05, 0.1) is 11.1 Å². The lowest BCUT2D eigenvalue weighted by Crippen LogP contribution is -2.08. The van der Waals surface area contributed by atoms with Crippen LogP contribution in [0.15, 0.2) is 66.1 Å². The van der Waals surface area contributed by atoms with Crippen LogP contribution in [0, 0.1) is 27.7 Å². The van der Waals surface area contributed by atoms with E-state index in [1.165, 1.54) is 0 Å². The van der Waals surface area contributed by atoms with Gasteiger partial charge in [-0.1, -0.05) is 29.8 Å². The molecular formula is C25H25N5O3S. The van der Waals surface area contributed by atoms with Gasteiger partial charge in [-0.2, -0.15) is 10.1 Å². The van der Waals surface area contributed by atoms with Crippen LogP contribution in [0.1, 0.15) is 28.3 Å². The zero-order chi connectivity index (χ0) is 24.3. The first-order chi connectivity index (χ1) is 16.2. The Morgan fingerprint density at radius 3 is 2.26 bits per heavy atom. The van der Waals surface area contributed by atoms with Gasteiger partial charge in [-0.15, -0.1) is 0 Å². The van der Waals surface area contributed by atoms with E-state index < -0.39 is 10.0 Å². The first-order valence-electron chi connectivity index (χ1n) is 10.6. The van der Waals surface area contributed by atoms with Crippen molar-refractivity contribution in [3.8, 4) is 17.4 Å². The Morgan fingerprint density at radius 1 is 0.912 bits per heavy atom. The van der Waals surface area contributed by atoms with Crippen LogP contribution in [0.4, 0.5) is 5.69 Å². The molecule has 0 bridgehead atoms. The van der Waals surface area contributed by atoms with E-state index in [1.54, 1.807) is 48.0 Å².